The Kier molecular flexibility index (Phi) is 5.92. The van der Waals surface area contributed by atoms with E-state index >= 15 is 0 Å². The molecular formula is C14H18O3S. The van der Waals surface area contributed by atoms with Gasteiger partial charge in [-0.25, -0.2) is 0 Å². The molecule has 1 N–H and O–H groups in total. The van der Waals surface area contributed by atoms with Gasteiger partial charge in [0.2, 0.25) is 0 Å². The zero-order valence-electron chi connectivity index (χ0n) is 10.7. The Balaban J connectivity index is 2.52. The molecule has 18 heavy (non-hydrogen) atoms. The molecule has 1 aromatic carbocycles. The SMILES string of the molecule is CC(C)CC(=O)c1ccc(SCCC(=O)O)cc1. The highest BCUT2D eigenvalue weighted by molar-refractivity contribution is 7.99. The summed E-state index contributed by atoms with van der Waals surface area (Å²) in [5, 5.41) is 8.53. The number of carbonyl (C=O) groups is 2. The van der Waals surface area contributed by atoms with E-state index < -0.39 is 5.97 Å². The van der Waals surface area contributed by atoms with Crippen LogP contribution >= 0.6 is 11.8 Å². The van der Waals surface area contributed by atoms with Gasteiger partial charge < -0.3 is 5.11 Å². The highest BCUT2D eigenvalue weighted by Gasteiger charge is 2.08. The number of hydrogen-bond acceptors (Lipinski definition) is 3. The Morgan fingerprint density at radius 1 is 1.22 bits per heavy atom. The van der Waals surface area contributed by atoms with Crippen LogP contribution in [0.1, 0.15) is 37.0 Å². The molecule has 1 rings (SSSR count). The van der Waals surface area contributed by atoms with Crippen LogP contribution in [0.3, 0.4) is 0 Å². The summed E-state index contributed by atoms with van der Waals surface area (Å²) in [6.45, 7) is 4.04. The fraction of sp³-hybridized carbons (Fsp3) is 0.429. The number of Topliss-reactive ketones (excluding diaryl/α,β-unsaturated/α-hetero) is 1. The first kappa shape index (κ1) is 14.8. The monoisotopic (exact) mass is 266 g/mol. The van der Waals surface area contributed by atoms with Crippen LogP contribution < -0.4 is 0 Å². The van der Waals surface area contributed by atoms with Gasteiger partial charge in [-0.1, -0.05) is 26.0 Å². The highest BCUT2D eigenvalue weighted by Crippen LogP contribution is 2.20. The fourth-order valence-corrected chi connectivity index (χ4v) is 2.32. The van der Waals surface area contributed by atoms with Crippen LogP contribution in [0.4, 0.5) is 0 Å². The number of carbonyl (C=O) groups excluding carboxylic acids is 1. The molecule has 4 heteroatoms. The molecule has 0 amide bonds. The Labute approximate surface area is 112 Å². The number of benzene rings is 1. The summed E-state index contributed by atoms with van der Waals surface area (Å²) in [5.41, 5.74) is 0.728. The van der Waals surface area contributed by atoms with Gasteiger partial charge in [-0.3, -0.25) is 9.59 Å². The van der Waals surface area contributed by atoms with E-state index in [9.17, 15) is 9.59 Å². The van der Waals surface area contributed by atoms with Crippen molar-refractivity contribution in [2.75, 3.05) is 5.75 Å². The molecule has 0 fully saturated rings. The van der Waals surface area contributed by atoms with E-state index in [0.29, 0.717) is 18.1 Å². The molecule has 0 aliphatic heterocycles. The van der Waals surface area contributed by atoms with Gasteiger partial charge in [-0.15, -0.1) is 11.8 Å². The lowest BCUT2D eigenvalue weighted by molar-refractivity contribution is -0.136. The van der Waals surface area contributed by atoms with E-state index in [0.717, 1.165) is 10.5 Å². The summed E-state index contributed by atoms with van der Waals surface area (Å²) in [6.07, 6.45) is 0.713. The number of carboxylic acid groups (broad SMARTS) is 1. The lowest BCUT2D eigenvalue weighted by Crippen LogP contribution is -2.03. The molecule has 0 heterocycles. The molecular weight excluding hydrogens is 248 g/mol. The molecule has 0 aliphatic carbocycles. The number of carboxylic acids is 1. The average Bonchev–Trinajstić information content (AvgIpc) is 2.28. The second-order valence-corrected chi connectivity index (χ2v) is 5.71. The van der Waals surface area contributed by atoms with Gasteiger partial charge in [-0.05, 0) is 18.1 Å². The predicted molar refractivity (Wildman–Crippen MR) is 73.2 cm³/mol. The normalized spacial score (nSPS) is 10.6. The van der Waals surface area contributed by atoms with E-state index in [1.165, 1.54) is 11.8 Å². The smallest absolute Gasteiger partial charge is 0.304 e. The summed E-state index contributed by atoms with van der Waals surface area (Å²) in [4.78, 5) is 23.2. The van der Waals surface area contributed by atoms with Crippen LogP contribution in [-0.4, -0.2) is 22.6 Å². The van der Waals surface area contributed by atoms with E-state index in [4.69, 9.17) is 5.11 Å². The number of rotatable bonds is 7. The van der Waals surface area contributed by atoms with E-state index in [-0.39, 0.29) is 12.2 Å². The van der Waals surface area contributed by atoms with E-state index in [1.807, 2.05) is 38.1 Å². The standard InChI is InChI=1S/C14H18O3S/c1-10(2)9-13(15)11-3-5-12(6-4-11)18-8-7-14(16)17/h3-6,10H,7-9H2,1-2H3,(H,16,17). The number of thioether (sulfide) groups is 1. The van der Waals surface area contributed by atoms with Crippen LogP contribution in [0.2, 0.25) is 0 Å². The van der Waals surface area contributed by atoms with Crippen molar-refractivity contribution in [2.24, 2.45) is 5.92 Å². The van der Waals surface area contributed by atoms with Crippen molar-refractivity contribution in [3.05, 3.63) is 29.8 Å². The third-order valence-corrected chi connectivity index (χ3v) is 3.37. The lowest BCUT2D eigenvalue weighted by Gasteiger charge is -2.05. The summed E-state index contributed by atoms with van der Waals surface area (Å²) < 4.78 is 0. The zero-order valence-corrected chi connectivity index (χ0v) is 11.5. The minimum absolute atomic E-state index is 0.151. The Hall–Kier alpha value is -1.29. The van der Waals surface area contributed by atoms with Crippen molar-refractivity contribution in [1.29, 1.82) is 0 Å². The van der Waals surface area contributed by atoms with Crippen molar-refractivity contribution < 1.29 is 14.7 Å². The molecule has 3 nitrogen and oxygen atoms in total. The minimum Gasteiger partial charge on any atom is -0.481 e. The predicted octanol–water partition coefficient (Wildman–Crippen LogP) is 3.48. The van der Waals surface area contributed by atoms with Crippen molar-refractivity contribution in [1.82, 2.24) is 0 Å². The topological polar surface area (TPSA) is 54.4 Å². The number of ketones is 1. The van der Waals surface area contributed by atoms with Gasteiger partial charge in [0.05, 0.1) is 6.42 Å². The van der Waals surface area contributed by atoms with Crippen LogP contribution in [0.5, 0.6) is 0 Å². The second kappa shape index (κ2) is 7.21. The summed E-state index contributed by atoms with van der Waals surface area (Å²) in [7, 11) is 0. The number of hydrogen-bond donors (Lipinski definition) is 1. The third kappa shape index (κ3) is 5.36. The molecule has 0 atom stereocenters. The fourth-order valence-electron chi connectivity index (χ4n) is 1.48. The molecule has 0 spiro atoms. The largest absolute Gasteiger partial charge is 0.481 e. The maximum atomic E-state index is 11.8. The first-order valence-electron chi connectivity index (χ1n) is 5.97. The van der Waals surface area contributed by atoms with Crippen molar-refractivity contribution in [2.45, 2.75) is 31.6 Å². The molecule has 0 radical (unpaired) electrons. The maximum Gasteiger partial charge on any atom is 0.304 e. The van der Waals surface area contributed by atoms with E-state index in [2.05, 4.69) is 0 Å². The van der Waals surface area contributed by atoms with Gasteiger partial charge in [0.15, 0.2) is 5.78 Å². The van der Waals surface area contributed by atoms with E-state index in [1.54, 1.807) is 0 Å². The van der Waals surface area contributed by atoms with Crippen LogP contribution in [0.15, 0.2) is 29.2 Å². The maximum absolute atomic E-state index is 11.8. The molecule has 98 valence electrons. The average molecular weight is 266 g/mol. The van der Waals surface area contributed by atoms with Gasteiger partial charge in [0.25, 0.3) is 0 Å². The molecule has 0 bridgehead atoms. The third-order valence-electron chi connectivity index (χ3n) is 2.35. The minimum atomic E-state index is -0.786. The van der Waals surface area contributed by atoms with Crippen LogP contribution in [-0.2, 0) is 4.79 Å². The lowest BCUT2D eigenvalue weighted by atomic mass is 10.0. The first-order chi connectivity index (χ1) is 8.49. The molecule has 0 unspecified atom stereocenters. The molecule has 0 aromatic heterocycles. The van der Waals surface area contributed by atoms with Crippen molar-refractivity contribution >= 4 is 23.5 Å². The summed E-state index contributed by atoms with van der Waals surface area (Å²) in [6, 6.07) is 7.38. The van der Waals surface area contributed by atoms with Gasteiger partial charge >= 0.3 is 5.97 Å². The molecule has 0 saturated carbocycles. The number of aliphatic carboxylic acids is 1. The van der Waals surface area contributed by atoms with Gasteiger partial charge in [0, 0.05) is 22.6 Å². The summed E-state index contributed by atoms with van der Waals surface area (Å²) >= 11 is 1.49. The van der Waals surface area contributed by atoms with Crippen LogP contribution in [0.25, 0.3) is 0 Å². The van der Waals surface area contributed by atoms with Gasteiger partial charge in [-0.2, -0.15) is 0 Å². The van der Waals surface area contributed by atoms with Crippen LogP contribution in [0, 0.1) is 5.92 Å². The Morgan fingerprint density at radius 2 is 1.83 bits per heavy atom. The Morgan fingerprint density at radius 3 is 2.33 bits per heavy atom. The second-order valence-electron chi connectivity index (χ2n) is 4.54. The molecule has 0 saturated heterocycles. The zero-order chi connectivity index (χ0) is 13.5. The van der Waals surface area contributed by atoms with Gasteiger partial charge in [0.1, 0.15) is 0 Å². The molecule has 0 aliphatic rings. The first-order valence-corrected chi connectivity index (χ1v) is 6.95. The Bertz CT molecular complexity index is 410. The van der Waals surface area contributed by atoms with Crippen molar-refractivity contribution in [3.63, 3.8) is 0 Å². The highest BCUT2D eigenvalue weighted by atomic mass is 32.2. The van der Waals surface area contributed by atoms with Crippen molar-refractivity contribution in [3.8, 4) is 0 Å². The molecule has 1 aromatic rings. The summed E-state index contributed by atoms with van der Waals surface area (Å²) in [5.74, 6) is 0.287. The quantitative estimate of drug-likeness (QED) is 0.606.